The van der Waals surface area contributed by atoms with Crippen molar-refractivity contribution in [1.29, 1.82) is 0 Å². The lowest BCUT2D eigenvalue weighted by Gasteiger charge is -2.08. The summed E-state index contributed by atoms with van der Waals surface area (Å²) in [7, 11) is 0. The Labute approximate surface area is 112 Å². The Morgan fingerprint density at radius 2 is 1.72 bits per heavy atom. The first-order chi connectivity index (χ1) is 8.58. The Kier molecular flexibility index (Phi) is 3.99. The molecule has 0 saturated carbocycles. The van der Waals surface area contributed by atoms with Crippen molar-refractivity contribution in [1.82, 2.24) is 9.97 Å². The van der Waals surface area contributed by atoms with Crippen molar-refractivity contribution < 1.29 is 0 Å². The number of nitrogens with zero attached hydrogens (tertiary/aromatic N) is 2. The third kappa shape index (κ3) is 3.09. The van der Waals surface area contributed by atoms with E-state index in [0.29, 0.717) is 6.54 Å². The average molecular weight is 259 g/mol. The van der Waals surface area contributed by atoms with Crippen molar-refractivity contribution in [2.45, 2.75) is 37.4 Å². The molecule has 4 heteroatoms. The Bertz CT molecular complexity index is 547. The summed E-state index contributed by atoms with van der Waals surface area (Å²) >= 11 is 1.58. The van der Waals surface area contributed by atoms with Crippen LogP contribution in [-0.4, -0.2) is 9.97 Å². The number of benzene rings is 1. The van der Waals surface area contributed by atoms with E-state index < -0.39 is 0 Å². The maximum Gasteiger partial charge on any atom is 0.192 e. The summed E-state index contributed by atoms with van der Waals surface area (Å²) in [6.07, 6.45) is 0. The molecule has 0 aliphatic heterocycles. The Morgan fingerprint density at radius 1 is 1.06 bits per heavy atom. The van der Waals surface area contributed by atoms with Crippen molar-refractivity contribution in [2.75, 3.05) is 0 Å². The lowest BCUT2D eigenvalue weighted by molar-refractivity contribution is 0.899. The van der Waals surface area contributed by atoms with Crippen molar-refractivity contribution in [3.63, 3.8) is 0 Å². The lowest BCUT2D eigenvalue weighted by atomic mass is 10.1. The number of rotatable bonds is 3. The van der Waals surface area contributed by atoms with Gasteiger partial charge in [0.2, 0.25) is 0 Å². The molecule has 1 aromatic carbocycles. The Balaban J connectivity index is 2.35. The molecule has 0 amide bonds. The first kappa shape index (κ1) is 13.1. The van der Waals surface area contributed by atoms with Gasteiger partial charge < -0.3 is 5.73 Å². The minimum Gasteiger partial charge on any atom is -0.326 e. The van der Waals surface area contributed by atoms with Gasteiger partial charge in [-0.05, 0) is 55.8 Å². The van der Waals surface area contributed by atoms with Crippen LogP contribution in [0.2, 0.25) is 0 Å². The monoisotopic (exact) mass is 259 g/mol. The summed E-state index contributed by atoms with van der Waals surface area (Å²) in [5.41, 5.74) is 10.1. The van der Waals surface area contributed by atoms with E-state index >= 15 is 0 Å². The molecule has 2 rings (SSSR count). The molecule has 1 aromatic heterocycles. The van der Waals surface area contributed by atoms with Crippen LogP contribution in [0, 0.1) is 20.8 Å². The zero-order valence-corrected chi connectivity index (χ0v) is 11.7. The minimum atomic E-state index is 0.535. The number of hydrogen-bond donors (Lipinski definition) is 1. The summed E-state index contributed by atoms with van der Waals surface area (Å²) < 4.78 is 0. The van der Waals surface area contributed by atoms with Gasteiger partial charge in [0, 0.05) is 22.8 Å². The molecule has 0 aliphatic carbocycles. The minimum absolute atomic E-state index is 0.535. The summed E-state index contributed by atoms with van der Waals surface area (Å²) in [5.74, 6) is 0. The van der Waals surface area contributed by atoms with Crippen LogP contribution in [0.5, 0.6) is 0 Å². The van der Waals surface area contributed by atoms with Gasteiger partial charge in [-0.2, -0.15) is 0 Å². The van der Waals surface area contributed by atoms with Crippen LogP contribution in [0.3, 0.4) is 0 Å². The van der Waals surface area contributed by atoms with E-state index in [1.54, 1.807) is 11.8 Å². The lowest BCUT2D eigenvalue weighted by Crippen LogP contribution is -1.99. The predicted molar refractivity (Wildman–Crippen MR) is 74.7 cm³/mol. The zero-order chi connectivity index (χ0) is 13.1. The van der Waals surface area contributed by atoms with Gasteiger partial charge in [-0.25, -0.2) is 9.97 Å². The van der Waals surface area contributed by atoms with E-state index in [4.69, 9.17) is 5.73 Å². The molecule has 0 atom stereocenters. The summed E-state index contributed by atoms with van der Waals surface area (Å²) in [6.45, 7) is 6.58. The van der Waals surface area contributed by atoms with Gasteiger partial charge in [0.1, 0.15) is 0 Å². The Morgan fingerprint density at radius 3 is 2.33 bits per heavy atom. The maximum absolute atomic E-state index is 5.76. The molecule has 18 heavy (non-hydrogen) atoms. The zero-order valence-electron chi connectivity index (χ0n) is 10.9. The van der Waals surface area contributed by atoms with Gasteiger partial charge in [-0.1, -0.05) is 12.1 Å². The molecular weight excluding hydrogens is 242 g/mol. The second-order valence-corrected chi connectivity index (χ2v) is 5.36. The molecule has 0 spiro atoms. The normalized spacial score (nSPS) is 10.7. The molecule has 1 heterocycles. The van der Waals surface area contributed by atoms with Crippen LogP contribution in [-0.2, 0) is 6.54 Å². The highest BCUT2D eigenvalue weighted by Crippen LogP contribution is 2.29. The smallest absolute Gasteiger partial charge is 0.192 e. The van der Waals surface area contributed by atoms with E-state index in [-0.39, 0.29) is 0 Å². The summed E-state index contributed by atoms with van der Waals surface area (Å²) in [4.78, 5) is 10.0. The van der Waals surface area contributed by atoms with Crippen LogP contribution in [0.25, 0.3) is 0 Å². The number of aryl methyl sites for hydroxylation is 3. The highest BCUT2D eigenvalue weighted by Gasteiger charge is 2.07. The topological polar surface area (TPSA) is 51.8 Å². The van der Waals surface area contributed by atoms with Crippen molar-refractivity contribution >= 4 is 11.8 Å². The highest BCUT2D eigenvalue weighted by molar-refractivity contribution is 7.99. The van der Waals surface area contributed by atoms with Gasteiger partial charge in [-0.3, -0.25) is 0 Å². The molecule has 2 aromatic rings. The van der Waals surface area contributed by atoms with Gasteiger partial charge in [-0.15, -0.1) is 0 Å². The van der Waals surface area contributed by atoms with Crippen LogP contribution in [0.15, 0.2) is 34.3 Å². The molecule has 0 unspecified atom stereocenters. The summed E-state index contributed by atoms with van der Waals surface area (Å²) in [6, 6.07) is 8.26. The maximum atomic E-state index is 5.76. The third-order valence-corrected chi connectivity index (χ3v) is 3.57. The SMILES string of the molecule is Cc1ccc(CN)c(Sc2nc(C)cc(C)n2)c1. The van der Waals surface area contributed by atoms with E-state index in [9.17, 15) is 0 Å². The molecular formula is C14H17N3S. The van der Waals surface area contributed by atoms with Crippen LogP contribution < -0.4 is 5.73 Å². The fraction of sp³-hybridized carbons (Fsp3) is 0.286. The van der Waals surface area contributed by atoms with Gasteiger partial charge in [0.15, 0.2) is 5.16 Å². The first-order valence-electron chi connectivity index (χ1n) is 5.88. The van der Waals surface area contributed by atoms with Crippen molar-refractivity contribution in [3.8, 4) is 0 Å². The highest BCUT2D eigenvalue weighted by atomic mass is 32.2. The molecule has 0 bridgehead atoms. The van der Waals surface area contributed by atoms with E-state index in [1.807, 2.05) is 19.9 Å². The molecule has 0 radical (unpaired) electrons. The van der Waals surface area contributed by atoms with E-state index in [2.05, 4.69) is 35.1 Å². The average Bonchev–Trinajstić information content (AvgIpc) is 2.27. The first-order valence-corrected chi connectivity index (χ1v) is 6.70. The van der Waals surface area contributed by atoms with Gasteiger partial charge >= 0.3 is 0 Å². The second kappa shape index (κ2) is 5.50. The van der Waals surface area contributed by atoms with E-state index in [0.717, 1.165) is 27.0 Å². The molecule has 0 fully saturated rings. The Hall–Kier alpha value is -1.39. The van der Waals surface area contributed by atoms with Crippen molar-refractivity contribution in [3.05, 3.63) is 46.8 Å². The number of hydrogen-bond acceptors (Lipinski definition) is 4. The number of nitrogens with two attached hydrogens (primary N) is 1. The standard InChI is InChI=1S/C14H17N3S/c1-9-4-5-12(8-15)13(6-9)18-14-16-10(2)7-11(3)17-14/h4-7H,8,15H2,1-3H3. The molecule has 3 nitrogen and oxygen atoms in total. The van der Waals surface area contributed by atoms with Crippen LogP contribution in [0.4, 0.5) is 0 Å². The predicted octanol–water partition coefficient (Wildman–Crippen LogP) is 3.01. The fourth-order valence-corrected chi connectivity index (χ4v) is 2.87. The molecule has 0 saturated heterocycles. The molecule has 2 N–H and O–H groups in total. The second-order valence-electron chi connectivity index (χ2n) is 4.35. The van der Waals surface area contributed by atoms with Crippen molar-refractivity contribution in [2.24, 2.45) is 5.73 Å². The quantitative estimate of drug-likeness (QED) is 0.861. The molecule has 94 valence electrons. The summed E-state index contributed by atoms with van der Waals surface area (Å²) in [5, 5.41) is 0.785. The molecule has 0 aliphatic rings. The van der Waals surface area contributed by atoms with Crippen LogP contribution >= 0.6 is 11.8 Å². The number of aromatic nitrogens is 2. The third-order valence-electron chi connectivity index (χ3n) is 2.61. The van der Waals surface area contributed by atoms with Gasteiger partial charge in [0.05, 0.1) is 0 Å². The van der Waals surface area contributed by atoms with Gasteiger partial charge in [0.25, 0.3) is 0 Å². The largest absolute Gasteiger partial charge is 0.326 e. The van der Waals surface area contributed by atoms with Crippen LogP contribution in [0.1, 0.15) is 22.5 Å². The van der Waals surface area contributed by atoms with E-state index in [1.165, 1.54) is 5.56 Å². The fourth-order valence-electron chi connectivity index (χ4n) is 1.76.